The third kappa shape index (κ3) is 3.66. The molecule has 1 saturated heterocycles. The second-order valence-corrected chi connectivity index (χ2v) is 7.08. The van der Waals surface area contributed by atoms with E-state index in [1.807, 2.05) is 17.5 Å². The maximum absolute atomic E-state index is 4.72. The first kappa shape index (κ1) is 16.2. The number of hydrogen-bond acceptors (Lipinski definition) is 4. The quantitative estimate of drug-likeness (QED) is 0.918. The summed E-state index contributed by atoms with van der Waals surface area (Å²) in [6.45, 7) is 12.0. The zero-order valence-electron chi connectivity index (χ0n) is 14.8. The molecule has 0 aliphatic carbocycles. The maximum Gasteiger partial charge on any atom is 0.157 e. The number of rotatable bonds is 5. The highest BCUT2D eigenvalue weighted by molar-refractivity contribution is 5.50. The van der Waals surface area contributed by atoms with Crippen LogP contribution in [0.2, 0.25) is 0 Å². The van der Waals surface area contributed by atoms with Crippen LogP contribution >= 0.6 is 0 Å². The van der Waals surface area contributed by atoms with Gasteiger partial charge in [0.15, 0.2) is 5.65 Å². The van der Waals surface area contributed by atoms with E-state index in [0.717, 1.165) is 35.9 Å². The standard InChI is InChI=1S/C18H29N5/c1-13(2)16-12-17(23-18(20-16)11-14(3)21-23)19-8-10-22-9-6-5-7-15(22)4/h11-13,15,19H,5-10H2,1-4H3/t15-/m0/s1. The molecule has 126 valence electrons. The Kier molecular flexibility index (Phi) is 4.85. The van der Waals surface area contributed by atoms with E-state index in [0.29, 0.717) is 12.0 Å². The van der Waals surface area contributed by atoms with Gasteiger partial charge in [0.2, 0.25) is 0 Å². The van der Waals surface area contributed by atoms with Crippen LogP contribution in [0.15, 0.2) is 12.1 Å². The van der Waals surface area contributed by atoms with Crippen LogP contribution in [0.25, 0.3) is 5.65 Å². The number of fused-ring (bicyclic) bond motifs is 1. The highest BCUT2D eigenvalue weighted by Crippen LogP contribution is 2.20. The van der Waals surface area contributed by atoms with Crippen LogP contribution in [0.5, 0.6) is 0 Å². The zero-order valence-corrected chi connectivity index (χ0v) is 14.8. The smallest absolute Gasteiger partial charge is 0.157 e. The topological polar surface area (TPSA) is 45.5 Å². The van der Waals surface area contributed by atoms with Crippen LogP contribution in [0, 0.1) is 6.92 Å². The van der Waals surface area contributed by atoms with E-state index in [9.17, 15) is 0 Å². The number of anilines is 1. The second kappa shape index (κ2) is 6.87. The lowest BCUT2D eigenvalue weighted by Gasteiger charge is -2.33. The van der Waals surface area contributed by atoms with Crippen molar-refractivity contribution in [1.82, 2.24) is 19.5 Å². The number of nitrogens with one attached hydrogen (secondary N) is 1. The molecule has 5 heteroatoms. The zero-order chi connectivity index (χ0) is 16.4. The first-order chi connectivity index (χ1) is 11.0. The Morgan fingerprint density at radius 1 is 1.30 bits per heavy atom. The molecule has 0 unspecified atom stereocenters. The van der Waals surface area contributed by atoms with Gasteiger partial charge in [-0.25, -0.2) is 4.98 Å². The molecular weight excluding hydrogens is 286 g/mol. The summed E-state index contributed by atoms with van der Waals surface area (Å²) in [5.74, 6) is 1.47. The Morgan fingerprint density at radius 2 is 2.13 bits per heavy atom. The van der Waals surface area contributed by atoms with Crippen molar-refractivity contribution in [2.45, 2.75) is 58.9 Å². The summed E-state index contributed by atoms with van der Waals surface area (Å²) in [4.78, 5) is 7.31. The second-order valence-electron chi connectivity index (χ2n) is 7.08. The Labute approximate surface area is 139 Å². The van der Waals surface area contributed by atoms with Crippen molar-refractivity contribution in [3.63, 3.8) is 0 Å². The third-order valence-electron chi connectivity index (χ3n) is 4.81. The lowest BCUT2D eigenvalue weighted by molar-refractivity contribution is 0.167. The molecule has 0 saturated carbocycles. The van der Waals surface area contributed by atoms with Gasteiger partial charge in [-0.1, -0.05) is 20.3 Å². The average Bonchev–Trinajstić information content (AvgIpc) is 2.89. The Morgan fingerprint density at radius 3 is 2.87 bits per heavy atom. The van der Waals surface area contributed by atoms with E-state index >= 15 is 0 Å². The van der Waals surface area contributed by atoms with E-state index in [1.165, 1.54) is 25.8 Å². The summed E-state index contributed by atoms with van der Waals surface area (Å²) in [7, 11) is 0. The van der Waals surface area contributed by atoms with Crippen molar-refractivity contribution in [2.75, 3.05) is 25.0 Å². The van der Waals surface area contributed by atoms with E-state index in [-0.39, 0.29) is 0 Å². The van der Waals surface area contributed by atoms with Gasteiger partial charge in [0, 0.05) is 37.0 Å². The van der Waals surface area contributed by atoms with Gasteiger partial charge in [0.1, 0.15) is 5.82 Å². The van der Waals surface area contributed by atoms with Gasteiger partial charge in [-0.3, -0.25) is 4.90 Å². The summed E-state index contributed by atoms with van der Waals surface area (Å²) in [5, 5.41) is 8.15. The number of aromatic nitrogens is 3. The molecule has 2 aromatic heterocycles. The van der Waals surface area contributed by atoms with Gasteiger partial charge in [-0.15, -0.1) is 0 Å². The van der Waals surface area contributed by atoms with Gasteiger partial charge in [-0.2, -0.15) is 9.61 Å². The molecular formula is C18H29N5. The van der Waals surface area contributed by atoms with E-state index < -0.39 is 0 Å². The Balaban J connectivity index is 1.73. The number of piperidine rings is 1. The fraction of sp³-hybridized carbons (Fsp3) is 0.667. The van der Waals surface area contributed by atoms with Crippen LogP contribution in [0.3, 0.4) is 0 Å². The number of hydrogen-bond donors (Lipinski definition) is 1. The summed E-state index contributed by atoms with van der Waals surface area (Å²) >= 11 is 0. The molecule has 23 heavy (non-hydrogen) atoms. The SMILES string of the molecule is Cc1cc2nc(C(C)C)cc(NCCN3CCCC[C@@H]3C)n2n1. The molecule has 1 atom stereocenters. The molecule has 0 bridgehead atoms. The normalized spacial score (nSPS) is 19.6. The molecule has 5 nitrogen and oxygen atoms in total. The van der Waals surface area contributed by atoms with E-state index in [2.05, 4.69) is 42.2 Å². The van der Waals surface area contributed by atoms with Crippen LogP contribution < -0.4 is 5.32 Å². The van der Waals surface area contributed by atoms with Crippen molar-refractivity contribution >= 4 is 11.5 Å². The number of likely N-dealkylation sites (tertiary alicyclic amines) is 1. The molecule has 0 aromatic carbocycles. The van der Waals surface area contributed by atoms with Gasteiger partial charge < -0.3 is 5.32 Å². The van der Waals surface area contributed by atoms with Crippen LogP contribution in [0.1, 0.15) is 57.3 Å². The highest BCUT2D eigenvalue weighted by atomic mass is 15.3. The van der Waals surface area contributed by atoms with Crippen molar-refractivity contribution in [1.29, 1.82) is 0 Å². The first-order valence-corrected chi connectivity index (χ1v) is 8.90. The molecule has 1 aliphatic rings. The highest BCUT2D eigenvalue weighted by Gasteiger charge is 2.17. The fourth-order valence-electron chi connectivity index (χ4n) is 3.35. The predicted molar refractivity (Wildman–Crippen MR) is 95.2 cm³/mol. The summed E-state index contributed by atoms with van der Waals surface area (Å²) in [6.07, 6.45) is 4.04. The Bertz CT molecular complexity index is 661. The minimum Gasteiger partial charge on any atom is -0.369 e. The van der Waals surface area contributed by atoms with Crippen LogP contribution in [-0.4, -0.2) is 45.2 Å². The summed E-state index contributed by atoms with van der Waals surface area (Å²) in [6, 6.07) is 4.90. The number of nitrogens with zero attached hydrogens (tertiary/aromatic N) is 4. The summed E-state index contributed by atoms with van der Waals surface area (Å²) in [5.41, 5.74) is 3.06. The predicted octanol–water partition coefficient (Wildman–Crippen LogP) is 3.45. The van der Waals surface area contributed by atoms with E-state index in [1.54, 1.807) is 0 Å². The minimum absolute atomic E-state index is 0.415. The van der Waals surface area contributed by atoms with Gasteiger partial charge >= 0.3 is 0 Å². The van der Waals surface area contributed by atoms with Gasteiger partial charge in [0.05, 0.1) is 5.69 Å². The van der Waals surface area contributed by atoms with Crippen molar-refractivity contribution in [3.8, 4) is 0 Å². The summed E-state index contributed by atoms with van der Waals surface area (Å²) < 4.78 is 1.93. The monoisotopic (exact) mass is 315 g/mol. The molecule has 2 aromatic rings. The van der Waals surface area contributed by atoms with Crippen molar-refractivity contribution in [3.05, 3.63) is 23.5 Å². The Hall–Kier alpha value is -1.62. The molecule has 0 amide bonds. The molecule has 0 radical (unpaired) electrons. The average molecular weight is 315 g/mol. The largest absolute Gasteiger partial charge is 0.369 e. The van der Waals surface area contributed by atoms with Gasteiger partial charge in [0.25, 0.3) is 0 Å². The molecule has 3 heterocycles. The minimum atomic E-state index is 0.415. The first-order valence-electron chi connectivity index (χ1n) is 8.90. The molecule has 1 N–H and O–H groups in total. The fourth-order valence-corrected chi connectivity index (χ4v) is 3.35. The molecule has 1 fully saturated rings. The third-order valence-corrected chi connectivity index (χ3v) is 4.81. The van der Waals surface area contributed by atoms with Gasteiger partial charge in [-0.05, 0) is 39.2 Å². The van der Waals surface area contributed by atoms with Crippen LogP contribution in [0.4, 0.5) is 5.82 Å². The van der Waals surface area contributed by atoms with Crippen LogP contribution in [-0.2, 0) is 0 Å². The van der Waals surface area contributed by atoms with E-state index in [4.69, 9.17) is 4.98 Å². The van der Waals surface area contributed by atoms with Crippen molar-refractivity contribution < 1.29 is 0 Å². The lowest BCUT2D eigenvalue weighted by atomic mass is 10.0. The lowest BCUT2D eigenvalue weighted by Crippen LogP contribution is -2.40. The van der Waals surface area contributed by atoms with Crippen molar-refractivity contribution in [2.24, 2.45) is 0 Å². The maximum atomic E-state index is 4.72. The number of aryl methyl sites for hydroxylation is 1. The molecule has 3 rings (SSSR count). The molecule has 1 aliphatic heterocycles. The molecule has 0 spiro atoms.